The van der Waals surface area contributed by atoms with E-state index in [1.165, 1.54) is 0 Å². The zero-order valence-electron chi connectivity index (χ0n) is 13.5. The molecule has 0 atom stereocenters. The first-order valence-corrected chi connectivity index (χ1v) is 7.43. The van der Waals surface area contributed by atoms with Crippen molar-refractivity contribution in [3.8, 4) is 11.8 Å². The predicted molar refractivity (Wildman–Crippen MR) is 107 cm³/mol. The molecule has 0 aromatic heterocycles. The van der Waals surface area contributed by atoms with Crippen molar-refractivity contribution < 1.29 is 4.74 Å². The van der Waals surface area contributed by atoms with Crippen LogP contribution in [-0.2, 0) is 6.54 Å². The van der Waals surface area contributed by atoms with Gasteiger partial charge in [-0.05, 0) is 29.8 Å². The van der Waals surface area contributed by atoms with E-state index in [0.717, 1.165) is 11.3 Å². The Bertz CT molecular complexity index is 683. The van der Waals surface area contributed by atoms with Crippen molar-refractivity contribution in [3.63, 3.8) is 0 Å². The molecule has 0 spiro atoms. The predicted octanol–water partition coefficient (Wildman–Crippen LogP) is 2.92. The number of nitrogens with one attached hydrogen (secondary N) is 2. The first-order valence-electron chi connectivity index (χ1n) is 7.43. The van der Waals surface area contributed by atoms with Crippen LogP contribution in [0.4, 0.5) is 0 Å². The molecule has 2 rings (SSSR count). The SMILES string of the molecule is CN=C(NCCOc1ccccc1)NCc1cccc(C#N)c1.I. The van der Waals surface area contributed by atoms with Gasteiger partial charge in [0.25, 0.3) is 0 Å². The van der Waals surface area contributed by atoms with Gasteiger partial charge in [-0.3, -0.25) is 4.99 Å². The first kappa shape index (κ1) is 19.8. The van der Waals surface area contributed by atoms with Crippen molar-refractivity contribution in [2.45, 2.75) is 6.54 Å². The molecule has 0 unspecified atom stereocenters. The number of hydrogen-bond acceptors (Lipinski definition) is 3. The van der Waals surface area contributed by atoms with Crippen molar-refractivity contribution in [1.82, 2.24) is 10.6 Å². The van der Waals surface area contributed by atoms with E-state index in [4.69, 9.17) is 10.00 Å². The maximum atomic E-state index is 8.90. The van der Waals surface area contributed by atoms with E-state index in [-0.39, 0.29) is 24.0 Å². The zero-order chi connectivity index (χ0) is 16.3. The van der Waals surface area contributed by atoms with Gasteiger partial charge in [-0.2, -0.15) is 5.26 Å². The van der Waals surface area contributed by atoms with Crippen LogP contribution in [0.3, 0.4) is 0 Å². The minimum Gasteiger partial charge on any atom is -0.492 e. The molecule has 0 aliphatic rings. The average molecular weight is 436 g/mol. The van der Waals surface area contributed by atoms with Crippen LogP contribution in [0.15, 0.2) is 59.6 Å². The highest BCUT2D eigenvalue weighted by atomic mass is 127. The highest BCUT2D eigenvalue weighted by molar-refractivity contribution is 14.0. The second-order valence-electron chi connectivity index (χ2n) is 4.83. The minimum absolute atomic E-state index is 0. The summed E-state index contributed by atoms with van der Waals surface area (Å²) >= 11 is 0. The Labute approximate surface area is 159 Å². The van der Waals surface area contributed by atoms with E-state index in [1.807, 2.05) is 48.5 Å². The number of nitriles is 1. The summed E-state index contributed by atoms with van der Waals surface area (Å²) in [6.45, 7) is 1.80. The van der Waals surface area contributed by atoms with Gasteiger partial charge >= 0.3 is 0 Å². The number of guanidine groups is 1. The Morgan fingerprint density at radius 1 is 1.12 bits per heavy atom. The number of halogens is 1. The molecule has 0 bridgehead atoms. The Hall–Kier alpha value is -2.27. The van der Waals surface area contributed by atoms with E-state index in [2.05, 4.69) is 21.7 Å². The number of benzene rings is 2. The standard InChI is InChI=1S/C18H20N4O.HI/c1-20-18(21-10-11-23-17-8-3-2-4-9-17)22-14-16-7-5-6-15(12-16)13-19;/h2-9,12H,10-11,14H2,1H3,(H2,20,21,22);1H. The lowest BCUT2D eigenvalue weighted by molar-refractivity contribution is 0.322. The number of ether oxygens (including phenoxy) is 1. The molecule has 0 fully saturated rings. The zero-order valence-corrected chi connectivity index (χ0v) is 15.9. The van der Waals surface area contributed by atoms with Crippen LogP contribution in [0.1, 0.15) is 11.1 Å². The molecule has 0 saturated carbocycles. The molecule has 0 aliphatic heterocycles. The van der Waals surface area contributed by atoms with Crippen molar-refractivity contribution in [2.24, 2.45) is 4.99 Å². The van der Waals surface area contributed by atoms with Crippen LogP contribution in [0.5, 0.6) is 5.75 Å². The maximum absolute atomic E-state index is 8.90. The molecule has 2 aromatic carbocycles. The Morgan fingerprint density at radius 3 is 2.62 bits per heavy atom. The quantitative estimate of drug-likeness (QED) is 0.316. The molecular weight excluding hydrogens is 415 g/mol. The summed E-state index contributed by atoms with van der Waals surface area (Å²) in [5.41, 5.74) is 1.69. The smallest absolute Gasteiger partial charge is 0.191 e. The summed E-state index contributed by atoms with van der Waals surface area (Å²) in [6, 6.07) is 19.3. The van der Waals surface area contributed by atoms with Crippen molar-refractivity contribution >= 4 is 29.9 Å². The van der Waals surface area contributed by atoms with Crippen LogP contribution >= 0.6 is 24.0 Å². The van der Waals surface area contributed by atoms with Gasteiger partial charge in [-0.1, -0.05) is 30.3 Å². The van der Waals surface area contributed by atoms with Crippen LogP contribution in [0.25, 0.3) is 0 Å². The monoisotopic (exact) mass is 436 g/mol. The Balaban J connectivity index is 0.00000288. The lowest BCUT2D eigenvalue weighted by Gasteiger charge is -2.12. The van der Waals surface area contributed by atoms with Gasteiger partial charge in [-0.15, -0.1) is 24.0 Å². The summed E-state index contributed by atoms with van der Waals surface area (Å²) in [6.07, 6.45) is 0. The lowest BCUT2D eigenvalue weighted by Crippen LogP contribution is -2.38. The van der Waals surface area contributed by atoms with Gasteiger partial charge in [0.2, 0.25) is 0 Å². The molecule has 24 heavy (non-hydrogen) atoms. The topological polar surface area (TPSA) is 69.4 Å². The first-order chi connectivity index (χ1) is 11.3. The molecule has 0 aliphatic carbocycles. The van der Waals surface area contributed by atoms with Crippen molar-refractivity contribution in [2.75, 3.05) is 20.2 Å². The number of hydrogen-bond donors (Lipinski definition) is 2. The second kappa shape index (κ2) is 11.3. The van der Waals surface area contributed by atoms with Gasteiger partial charge in [0.1, 0.15) is 12.4 Å². The summed E-state index contributed by atoms with van der Waals surface area (Å²) in [5.74, 6) is 1.55. The molecular formula is C18H21IN4O. The largest absolute Gasteiger partial charge is 0.492 e. The van der Waals surface area contributed by atoms with Crippen LogP contribution in [-0.4, -0.2) is 26.2 Å². The highest BCUT2D eigenvalue weighted by Gasteiger charge is 1.99. The number of para-hydroxylation sites is 1. The van der Waals surface area contributed by atoms with E-state index in [1.54, 1.807) is 13.1 Å². The van der Waals surface area contributed by atoms with Crippen molar-refractivity contribution in [1.29, 1.82) is 5.26 Å². The van der Waals surface area contributed by atoms with Crippen LogP contribution in [0, 0.1) is 11.3 Å². The summed E-state index contributed by atoms with van der Waals surface area (Å²) in [5, 5.41) is 15.3. The summed E-state index contributed by atoms with van der Waals surface area (Å²) in [4.78, 5) is 4.16. The van der Waals surface area contributed by atoms with Gasteiger partial charge in [0.05, 0.1) is 18.2 Å². The molecule has 0 saturated heterocycles. The molecule has 0 heterocycles. The van der Waals surface area contributed by atoms with Gasteiger partial charge in [0, 0.05) is 13.6 Å². The fourth-order valence-electron chi connectivity index (χ4n) is 2.01. The molecule has 0 radical (unpaired) electrons. The third kappa shape index (κ3) is 6.87. The minimum atomic E-state index is 0. The lowest BCUT2D eigenvalue weighted by atomic mass is 10.1. The molecule has 2 N–H and O–H groups in total. The van der Waals surface area contributed by atoms with E-state index in [9.17, 15) is 0 Å². The van der Waals surface area contributed by atoms with Crippen LogP contribution < -0.4 is 15.4 Å². The Morgan fingerprint density at radius 2 is 1.92 bits per heavy atom. The van der Waals surface area contributed by atoms with Gasteiger partial charge < -0.3 is 15.4 Å². The molecule has 0 amide bonds. The fraction of sp³-hybridized carbons (Fsp3) is 0.222. The van der Waals surface area contributed by atoms with E-state index >= 15 is 0 Å². The third-order valence-electron chi connectivity index (χ3n) is 3.15. The number of aliphatic imine (C=N–C) groups is 1. The molecule has 6 heteroatoms. The molecule has 2 aromatic rings. The van der Waals surface area contributed by atoms with E-state index in [0.29, 0.717) is 31.2 Å². The van der Waals surface area contributed by atoms with Gasteiger partial charge in [-0.25, -0.2) is 0 Å². The van der Waals surface area contributed by atoms with E-state index < -0.39 is 0 Å². The molecule has 126 valence electrons. The second-order valence-corrected chi connectivity index (χ2v) is 4.83. The number of rotatable bonds is 6. The summed E-state index contributed by atoms with van der Waals surface area (Å²) < 4.78 is 5.61. The van der Waals surface area contributed by atoms with Gasteiger partial charge in [0.15, 0.2) is 5.96 Å². The number of nitrogens with zero attached hydrogens (tertiary/aromatic N) is 2. The molecule has 5 nitrogen and oxygen atoms in total. The Kier molecular flexibility index (Phi) is 9.31. The average Bonchev–Trinajstić information content (AvgIpc) is 2.62. The highest BCUT2D eigenvalue weighted by Crippen LogP contribution is 2.07. The third-order valence-corrected chi connectivity index (χ3v) is 3.15. The van der Waals surface area contributed by atoms with Crippen LogP contribution in [0.2, 0.25) is 0 Å². The normalized spacial score (nSPS) is 10.2. The maximum Gasteiger partial charge on any atom is 0.191 e. The fourth-order valence-corrected chi connectivity index (χ4v) is 2.01. The van der Waals surface area contributed by atoms with Crippen molar-refractivity contribution in [3.05, 3.63) is 65.7 Å². The summed E-state index contributed by atoms with van der Waals surface area (Å²) in [7, 11) is 1.72.